The molecule has 1 aromatic heterocycles. The molecule has 0 atom stereocenters. The highest BCUT2D eigenvalue weighted by atomic mass is 35.5. The number of aryl methyl sites for hydroxylation is 1. The summed E-state index contributed by atoms with van der Waals surface area (Å²) in [7, 11) is 0. The molecule has 0 aliphatic rings. The predicted octanol–water partition coefficient (Wildman–Crippen LogP) is 8.57. The van der Waals surface area contributed by atoms with Crippen LogP contribution in [0.1, 0.15) is 35.7 Å². The first-order valence-corrected chi connectivity index (χ1v) is 12.1. The Morgan fingerprint density at radius 3 is 2.47 bits per heavy atom. The molecule has 0 amide bonds. The van der Waals surface area contributed by atoms with Gasteiger partial charge in [0.25, 0.3) is 0 Å². The Hall–Kier alpha value is -2.79. The van der Waals surface area contributed by atoms with E-state index in [0.717, 1.165) is 17.5 Å². The van der Waals surface area contributed by atoms with Crippen molar-refractivity contribution >= 4 is 40.6 Å². The lowest BCUT2D eigenvalue weighted by Crippen LogP contribution is -2.06. The van der Waals surface area contributed by atoms with Gasteiger partial charge in [0.15, 0.2) is 11.5 Å². The molecule has 0 fully saturated rings. The first-order valence-electron chi connectivity index (χ1n) is 10.9. The van der Waals surface area contributed by atoms with Crippen LogP contribution >= 0.6 is 34.8 Å². The highest BCUT2D eigenvalue weighted by Crippen LogP contribution is 2.37. The van der Waals surface area contributed by atoms with Crippen LogP contribution in [0.3, 0.4) is 0 Å². The summed E-state index contributed by atoms with van der Waals surface area (Å²) in [6, 6.07) is 20.2. The molecular weight excluding hydrogens is 493 g/mol. The highest BCUT2D eigenvalue weighted by molar-refractivity contribution is 6.35. The van der Waals surface area contributed by atoms with Gasteiger partial charge in [0.05, 0.1) is 22.2 Å². The van der Waals surface area contributed by atoms with Gasteiger partial charge in [-0.05, 0) is 42.7 Å². The van der Waals surface area contributed by atoms with Gasteiger partial charge in [0.1, 0.15) is 11.4 Å². The van der Waals surface area contributed by atoms with Crippen molar-refractivity contribution in [1.82, 2.24) is 5.16 Å². The second kappa shape index (κ2) is 11.1. The van der Waals surface area contributed by atoms with E-state index in [4.69, 9.17) is 44.1 Å². The molecule has 0 aliphatic heterocycles. The van der Waals surface area contributed by atoms with Gasteiger partial charge in [-0.2, -0.15) is 0 Å². The molecule has 0 radical (unpaired) electrons. The molecule has 0 bridgehead atoms. The fourth-order valence-corrected chi connectivity index (χ4v) is 4.38. The van der Waals surface area contributed by atoms with Crippen LogP contribution in [-0.2, 0) is 6.42 Å². The van der Waals surface area contributed by atoms with E-state index >= 15 is 0 Å². The van der Waals surface area contributed by atoms with Crippen molar-refractivity contribution in [2.45, 2.75) is 26.2 Å². The van der Waals surface area contributed by atoms with Crippen molar-refractivity contribution in [2.75, 3.05) is 6.61 Å². The summed E-state index contributed by atoms with van der Waals surface area (Å²) in [6.45, 7) is 2.38. The van der Waals surface area contributed by atoms with E-state index < -0.39 is 0 Å². The van der Waals surface area contributed by atoms with E-state index in [1.807, 2.05) is 48.5 Å². The SMILES string of the molecule is CCc1ccc(-c2noc(-c3ccccc3)c2C(=O)CCCOc2ccc(Cl)cc2Cl)c(Cl)c1. The quantitative estimate of drug-likeness (QED) is 0.166. The zero-order valence-electron chi connectivity index (χ0n) is 18.5. The second-order valence-corrected chi connectivity index (χ2v) is 8.97. The summed E-state index contributed by atoms with van der Waals surface area (Å²) in [6.07, 6.45) is 1.58. The zero-order chi connectivity index (χ0) is 24.1. The number of ether oxygens (including phenoxy) is 1. The summed E-state index contributed by atoms with van der Waals surface area (Å²) in [5.41, 5.74) is 3.40. The number of aromatic nitrogens is 1. The number of nitrogens with zero attached hydrogens (tertiary/aromatic N) is 1. The Morgan fingerprint density at radius 1 is 0.971 bits per heavy atom. The molecule has 0 unspecified atom stereocenters. The molecule has 3 aromatic carbocycles. The lowest BCUT2D eigenvalue weighted by Gasteiger charge is -2.09. The summed E-state index contributed by atoms with van der Waals surface area (Å²) < 4.78 is 11.4. The fraction of sp³-hybridized carbons (Fsp3) is 0.185. The average molecular weight is 515 g/mol. The van der Waals surface area contributed by atoms with Gasteiger partial charge in [-0.1, -0.05) is 89.3 Å². The first kappa shape index (κ1) is 24.3. The van der Waals surface area contributed by atoms with Crippen molar-refractivity contribution in [3.8, 4) is 28.3 Å². The van der Waals surface area contributed by atoms with Crippen molar-refractivity contribution < 1.29 is 14.1 Å². The lowest BCUT2D eigenvalue weighted by atomic mass is 9.96. The summed E-state index contributed by atoms with van der Waals surface area (Å²) in [5.74, 6) is 0.853. The predicted molar refractivity (Wildman–Crippen MR) is 137 cm³/mol. The smallest absolute Gasteiger partial charge is 0.178 e. The topological polar surface area (TPSA) is 52.3 Å². The molecule has 4 aromatic rings. The zero-order valence-corrected chi connectivity index (χ0v) is 20.8. The Kier molecular flexibility index (Phi) is 7.94. The largest absolute Gasteiger partial charge is 0.492 e. The molecule has 0 saturated heterocycles. The third-order valence-electron chi connectivity index (χ3n) is 5.40. The van der Waals surface area contributed by atoms with Gasteiger partial charge < -0.3 is 9.26 Å². The molecule has 1 heterocycles. The number of Topliss-reactive ketones (excluding diaryl/α,β-unsaturated/α-hetero) is 1. The van der Waals surface area contributed by atoms with Gasteiger partial charge >= 0.3 is 0 Å². The van der Waals surface area contributed by atoms with Crippen molar-refractivity contribution in [2.24, 2.45) is 0 Å². The maximum atomic E-state index is 13.4. The molecule has 0 N–H and O–H groups in total. The van der Waals surface area contributed by atoms with Gasteiger partial charge in [-0.15, -0.1) is 0 Å². The second-order valence-electron chi connectivity index (χ2n) is 7.72. The van der Waals surface area contributed by atoms with Gasteiger partial charge in [-0.25, -0.2) is 0 Å². The van der Waals surface area contributed by atoms with Gasteiger partial charge in [0, 0.05) is 22.6 Å². The number of carbonyl (C=O) groups excluding carboxylic acids is 1. The minimum absolute atomic E-state index is 0.100. The molecule has 7 heteroatoms. The molecule has 4 nitrogen and oxygen atoms in total. The molecule has 0 spiro atoms. The monoisotopic (exact) mass is 513 g/mol. The summed E-state index contributed by atoms with van der Waals surface area (Å²) >= 11 is 18.6. The molecule has 34 heavy (non-hydrogen) atoms. The number of halogens is 3. The summed E-state index contributed by atoms with van der Waals surface area (Å²) in [4.78, 5) is 13.4. The molecule has 0 aliphatic carbocycles. The van der Waals surface area contributed by atoms with Crippen LogP contribution in [-0.4, -0.2) is 17.5 Å². The number of hydrogen-bond donors (Lipinski definition) is 0. The Bertz CT molecular complexity index is 1300. The van der Waals surface area contributed by atoms with E-state index in [2.05, 4.69) is 12.1 Å². The van der Waals surface area contributed by atoms with Crippen molar-refractivity contribution in [3.05, 3.63) is 92.9 Å². The number of hydrogen-bond acceptors (Lipinski definition) is 4. The van der Waals surface area contributed by atoms with Crippen LogP contribution in [0.2, 0.25) is 15.1 Å². The van der Waals surface area contributed by atoms with E-state index in [9.17, 15) is 4.79 Å². The Labute approximate surface area is 213 Å². The van der Waals surface area contributed by atoms with E-state index in [1.54, 1.807) is 18.2 Å². The van der Waals surface area contributed by atoms with Gasteiger partial charge in [0.2, 0.25) is 0 Å². The first-order chi connectivity index (χ1) is 16.5. The van der Waals surface area contributed by atoms with Gasteiger partial charge in [-0.3, -0.25) is 4.79 Å². The van der Waals surface area contributed by atoms with Crippen LogP contribution in [0.5, 0.6) is 5.75 Å². The standard InChI is InChI=1S/C27H22Cl3NO3/c1-2-17-10-12-20(21(29)15-17)26-25(27(34-31-26)18-7-4-3-5-8-18)23(32)9-6-14-33-24-13-11-19(28)16-22(24)30/h3-5,7-8,10-13,15-16H,2,6,9,14H2,1H3. The number of ketones is 1. The maximum absolute atomic E-state index is 13.4. The summed E-state index contributed by atoms with van der Waals surface area (Å²) in [5, 5.41) is 5.75. The minimum Gasteiger partial charge on any atom is -0.492 e. The molecule has 174 valence electrons. The van der Waals surface area contributed by atoms with Crippen molar-refractivity contribution in [3.63, 3.8) is 0 Å². The molecule has 4 rings (SSSR count). The Morgan fingerprint density at radius 2 is 1.76 bits per heavy atom. The molecule has 0 saturated carbocycles. The van der Waals surface area contributed by atoms with Crippen LogP contribution in [0.15, 0.2) is 71.3 Å². The third kappa shape index (κ3) is 5.47. The maximum Gasteiger partial charge on any atom is 0.178 e. The van der Waals surface area contributed by atoms with E-state index in [-0.39, 0.29) is 12.2 Å². The highest BCUT2D eigenvalue weighted by Gasteiger charge is 2.26. The van der Waals surface area contributed by atoms with Crippen LogP contribution in [0, 0.1) is 0 Å². The van der Waals surface area contributed by atoms with E-state index in [1.165, 1.54) is 0 Å². The molecular formula is C27H22Cl3NO3. The Balaban J connectivity index is 1.58. The number of benzene rings is 3. The minimum atomic E-state index is -0.100. The van der Waals surface area contributed by atoms with Crippen molar-refractivity contribution in [1.29, 1.82) is 0 Å². The average Bonchev–Trinajstić information content (AvgIpc) is 3.28. The number of carbonyl (C=O) groups is 1. The van der Waals surface area contributed by atoms with Crippen LogP contribution in [0.25, 0.3) is 22.6 Å². The normalized spacial score (nSPS) is 10.9. The van der Waals surface area contributed by atoms with Crippen LogP contribution in [0.4, 0.5) is 0 Å². The lowest BCUT2D eigenvalue weighted by molar-refractivity contribution is 0.0974. The van der Waals surface area contributed by atoms with E-state index in [0.29, 0.717) is 56.4 Å². The third-order valence-corrected chi connectivity index (χ3v) is 6.25. The fourth-order valence-electron chi connectivity index (χ4n) is 3.62. The van der Waals surface area contributed by atoms with Crippen LogP contribution < -0.4 is 4.74 Å². The number of rotatable bonds is 9.